The number of rotatable bonds is 9. The molecule has 0 bridgehead atoms. The van der Waals surface area contributed by atoms with Crippen molar-refractivity contribution >= 4 is 35.8 Å². The van der Waals surface area contributed by atoms with E-state index in [0.717, 1.165) is 25.4 Å². The first kappa shape index (κ1) is 24.4. The van der Waals surface area contributed by atoms with Crippen molar-refractivity contribution in [3.05, 3.63) is 0 Å². The quantitative estimate of drug-likeness (QED) is 0.211. The maximum atomic E-state index is 11.5. The maximum Gasteiger partial charge on any atom is 0.222 e. The van der Waals surface area contributed by atoms with Crippen molar-refractivity contribution in [2.24, 2.45) is 16.3 Å². The molecule has 1 aliphatic carbocycles. The lowest BCUT2D eigenvalue weighted by molar-refractivity contribution is -0.123. The van der Waals surface area contributed by atoms with Crippen LogP contribution in [0.3, 0.4) is 0 Å². The second kappa shape index (κ2) is 11.9. The minimum atomic E-state index is 0. The van der Waals surface area contributed by atoms with Crippen LogP contribution in [0.25, 0.3) is 0 Å². The summed E-state index contributed by atoms with van der Waals surface area (Å²) < 4.78 is 5.98. The molecule has 1 saturated carbocycles. The van der Waals surface area contributed by atoms with Gasteiger partial charge in [-0.2, -0.15) is 0 Å². The third-order valence-electron chi connectivity index (χ3n) is 4.77. The summed E-state index contributed by atoms with van der Waals surface area (Å²) in [4.78, 5) is 15.8. The van der Waals surface area contributed by atoms with E-state index >= 15 is 0 Å². The van der Waals surface area contributed by atoms with Gasteiger partial charge in [-0.25, -0.2) is 0 Å². The molecule has 6 nitrogen and oxygen atoms in total. The Morgan fingerprint density at radius 2 is 1.92 bits per heavy atom. The largest absolute Gasteiger partial charge is 0.378 e. The first-order valence-electron chi connectivity index (χ1n) is 9.19. The zero-order valence-corrected chi connectivity index (χ0v) is 19.0. The Hall–Kier alpha value is -0.570. The number of hydrogen-bond acceptors (Lipinski definition) is 3. The lowest BCUT2D eigenvalue weighted by atomic mass is 9.64. The van der Waals surface area contributed by atoms with E-state index in [0.29, 0.717) is 25.2 Å². The van der Waals surface area contributed by atoms with Crippen molar-refractivity contribution in [2.75, 3.05) is 26.7 Å². The Morgan fingerprint density at radius 3 is 2.44 bits per heavy atom. The van der Waals surface area contributed by atoms with Crippen LogP contribution in [0.2, 0.25) is 0 Å². The summed E-state index contributed by atoms with van der Waals surface area (Å²) in [5, 5.41) is 9.61. The number of unbranched alkanes of at least 4 members (excludes halogenated alkanes) is 1. The molecule has 1 rings (SSSR count). The Balaban J connectivity index is 0.00000576. The van der Waals surface area contributed by atoms with Crippen LogP contribution in [0.5, 0.6) is 0 Å². The molecule has 0 aromatic carbocycles. The van der Waals surface area contributed by atoms with Crippen LogP contribution < -0.4 is 16.0 Å². The highest BCUT2D eigenvalue weighted by Gasteiger charge is 2.49. The molecule has 1 amide bonds. The minimum absolute atomic E-state index is 0. The molecule has 0 spiro atoms. The number of hydrogen-bond donors (Lipinski definition) is 3. The predicted molar refractivity (Wildman–Crippen MR) is 115 cm³/mol. The number of carbonyl (C=O) groups is 1. The van der Waals surface area contributed by atoms with Gasteiger partial charge in [-0.15, -0.1) is 24.0 Å². The van der Waals surface area contributed by atoms with Crippen LogP contribution >= 0.6 is 24.0 Å². The number of nitrogens with zero attached hydrogens (tertiary/aromatic N) is 1. The Labute approximate surface area is 170 Å². The van der Waals surface area contributed by atoms with E-state index in [4.69, 9.17) is 4.74 Å². The fourth-order valence-corrected chi connectivity index (χ4v) is 2.71. The highest BCUT2D eigenvalue weighted by atomic mass is 127. The number of halogens is 1. The second-order valence-electron chi connectivity index (χ2n) is 7.41. The van der Waals surface area contributed by atoms with Crippen molar-refractivity contribution in [1.82, 2.24) is 16.0 Å². The van der Waals surface area contributed by atoms with E-state index in [1.165, 1.54) is 6.42 Å². The Bertz CT molecular complexity index is 427. The van der Waals surface area contributed by atoms with Crippen molar-refractivity contribution < 1.29 is 9.53 Å². The van der Waals surface area contributed by atoms with Gasteiger partial charge in [-0.1, -0.05) is 41.0 Å². The van der Waals surface area contributed by atoms with Gasteiger partial charge in [0.25, 0.3) is 0 Å². The average Bonchev–Trinajstić information content (AvgIpc) is 2.54. The molecule has 0 aliphatic heterocycles. The van der Waals surface area contributed by atoms with E-state index in [9.17, 15) is 4.79 Å². The maximum absolute atomic E-state index is 11.5. The van der Waals surface area contributed by atoms with Gasteiger partial charge in [-0.3, -0.25) is 9.79 Å². The van der Waals surface area contributed by atoms with Gasteiger partial charge in [-0.05, 0) is 12.8 Å². The molecule has 0 aromatic rings. The molecule has 0 heterocycles. The third kappa shape index (κ3) is 7.68. The van der Waals surface area contributed by atoms with Crippen molar-refractivity contribution in [1.29, 1.82) is 0 Å². The lowest BCUT2D eigenvalue weighted by Gasteiger charge is -2.52. The summed E-state index contributed by atoms with van der Waals surface area (Å²) >= 11 is 0. The van der Waals surface area contributed by atoms with E-state index in [1.54, 1.807) is 7.05 Å². The summed E-state index contributed by atoms with van der Waals surface area (Å²) in [5.41, 5.74) is 0.0945. The summed E-state index contributed by atoms with van der Waals surface area (Å²) in [5.74, 6) is 0.869. The number of nitrogens with one attached hydrogen (secondary N) is 3. The summed E-state index contributed by atoms with van der Waals surface area (Å²) in [7, 11) is 1.77. The fourth-order valence-electron chi connectivity index (χ4n) is 2.71. The van der Waals surface area contributed by atoms with Crippen LogP contribution in [0.1, 0.15) is 53.9 Å². The number of guanidine groups is 1. The lowest BCUT2D eigenvalue weighted by Crippen LogP contribution is -2.63. The fraction of sp³-hybridized carbons (Fsp3) is 0.889. The molecular weight excluding hydrogens is 431 g/mol. The van der Waals surface area contributed by atoms with E-state index in [1.807, 2.05) is 13.8 Å². The normalized spacial score (nSPS) is 22.0. The highest BCUT2D eigenvalue weighted by Crippen LogP contribution is 2.42. The van der Waals surface area contributed by atoms with Crippen molar-refractivity contribution in [3.8, 4) is 0 Å². The number of aliphatic imine (C=N–C) groups is 1. The molecule has 148 valence electrons. The van der Waals surface area contributed by atoms with Crippen LogP contribution in [-0.4, -0.2) is 50.8 Å². The predicted octanol–water partition coefficient (Wildman–Crippen LogP) is 2.53. The third-order valence-corrected chi connectivity index (χ3v) is 4.77. The number of carbonyl (C=O) groups excluding carboxylic acids is 1. The molecule has 1 aliphatic rings. The van der Waals surface area contributed by atoms with E-state index < -0.39 is 0 Å². The molecule has 1 fully saturated rings. The van der Waals surface area contributed by atoms with Gasteiger partial charge in [0.15, 0.2) is 5.96 Å². The minimum Gasteiger partial charge on any atom is -0.378 e. The van der Waals surface area contributed by atoms with Crippen molar-refractivity contribution in [3.63, 3.8) is 0 Å². The molecular formula is C18H37IN4O2. The Kier molecular flexibility index (Phi) is 11.7. The molecule has 0 saturated heterocycles. The second-order valence-corrected chi connectivity index (χ2v) is 7.41. The molecule has 2 unspecified atom stereocenters. The average molecular weight is 468 g/mol. The van der Waals surface area contributed by atoms with Gasteiger partial charge in [0.1, 0.15) is 0 Å². The van der Waals surface area contributed by atoms with Gasteiger partial charge in [0.2, 0.25) is 5.91 Å². The zero-order valence-electron chi connectivity index (χ0n) is 16.6. The van der Waals surface area contributed by atoms with Crippen LogP contribution in [0.15, 0.2) is 4.99 Å². The molecule has 0 aromatic heterocycles. The molecule has 25 heavy (non-hydrogen) atoms. The smallest absolute Gasteiger partial charge is 0.222 e. The van der Waals surface area contributed by atoms with Crippen molar-refractivity contribution in [2.45, 2.75) is 66.0 Å². The molecule has 3 N–H and O–H groups in total. The number of ether oxygens (including phenoxy) is 1. The highest BCUT2D eigenvalue weighted by molar-refractivity contribution is 14.0. The first-order chi connectivity index (χ1) is 11.3. The monoisotopic (exact) mass is 468 g/mol. The van der Waals surface area contributed by atoms with Crippen LogP contribution in [-0.2, 0) is 9.53 Å². The van der Waals surface area contributed by atoms with Crippen LogP contribution in [0, 0.1) is 11.3 Å². The van der Waals surface area contributed by atoms with E-state index in [-0.39, 0.29) is 41.2 Å². The SMILES string of the molecule is CCCCOC1CC(NC(=NC)NCCNC(=O)C(C)C)C1(C)C.I. The van der Waals surface area contributed by atoms with Crippen LogP contribution in [0.4, 0.5) is 0 Å². The van der Waals surface area contributed by atoms with Gasteiger partial charge < -0.3 is 20.7 Å². The van der Waals surface area contributed by atoms with E-state index in [2.05, 4.69) is 41.7 Å². The summed E-state index contributed by atoms with van der Waals surface area (Å²) in [6.45, 7) is 12.5. The molecule has 7 heteroatoms. The molecule has 2 atom stereocenters. The topological polar surface area (TPSA) is 74.8 Å². The summed E-state index contributed by atoms with van der Waals surface area (Å²) in [6.07, 6.45) is 3.60. The van der Waals surface area contributed by atoms with Gasteiger partial charge in [0.05, 0.1) is 6.10 Å². The number of amides is 1. The zero-order chi connectivity index (χ0) is 18.2. The van der Waals surface area contributed by atoms with Gasteiger partial charge >= 0.3 is 0 Å². The summed E-state index contributed by atoms with van der Waals surface area (Å²) in [6, 6.07) is 0.348. The standard InChI is InChI=1S/C18H36N4O2.HI/c1-7-8-11-24-15-12-14(18(15,4)5)22-17(19-6)21-10-9-20-16(23)13(2)3;/h13-15H,7-12H2,1-6H3,(H,20,23)(H2,19,21,22);1H. The Morgan fingerprint density at radius 1 is 1.28 bits per heavy atom. The first-order valence-corrected chi connectivity index (χ1v) is 9.19. The van der Waals surface area contributed by atoms with Gasteiger partial charge in [0, 0.05) is 44.1 Å². The molecule has 0 radical (unpaired) electrons.